The molecule has 0 saturated carbocycles. The van der Waals surface area contributed by atoms with Gasteiger partial charge in [-0.25, -0.2) is 13.1 Å². The van der Waals surface area contributed by atoms with Crippen molar-refractivity contribution in [1.82, 2.24) is 9.71 Å². The lowest BCUT2D eigenvalue weighted by atomic mass is 10.1. The molecule has 0 aliphatic carbocycles. The summed E-state index contributed by atoms with van der Waals surface area (Å²) in [5.74, 6) is 0. The van der Waals surface area contributed by atoms with Crippen molar-refractivity contribution in [2.24, 2.45) is 0 Å². The topological polar surface area (TPSA) is 79.3 Å². The molecule has 0 unspecified atom stereocenters. The van der Waals surface area contributed by atoms with Crippen LogP contribution < -0.4 is 4.72 Å². The summed E-state index contributed by atoms with van der Waals surface area (Å²) in [6.45, 7) is -0.00813. The first-order valence-corrected chi connectivity index (χ1v) is 8.61. The number of sulfonamides is 1. The van der Waals surface area contributed by atoms with E-state index >= 15 is 0 Å². The van der Waals surface area contributed by atoms with Crippen LogP contribution in [0.2, 0.25) is 0 Å². The lowest BCUT2D eigenvalue weighted by molar-refractivity contribution is 0.280. The zero-order valence-electron chi connectivity index (χ0n) is 12.3. The van der Waals surface area contributed by atoms with Gasteiger partial charge in [0.1, 0.15) is 0 Å². The molecule has 23 heavy (non-hydrogen) atoms. The van der Waals surface area contributed by atoms with Gasteiger partial charge in [0, 0.05) is 18.1 Å². The van der Waals surface area contributed by atoms with Crippen molar-refractivity contribution >= 4 is 20.9 Å². The van der Waals surface area contributed by atoms with Crippen LogP contribution in [-0.4, -0.2) is 18.5 Å². The first kappa shape index (κ1) is 15.6. The molecule has 0 fully saturated rings. The number of hydrogen-bond donors (Lipinski definition) is 2. The maximum atomic E-state index is 12.6. The van der Waals surface area contributed by atoms with E-state index in [1.54, 1.807) is 54.7 Å². The number of benzene rings is 2. The molecule has 118 valence electrons. The van der Waals surface area contributed by atoms with Gasteiger partial charge in [-0.2, -0.15) is 0 Å². The molecule has 3 aromatic rings. The Morgan fingerprint density at radius 1 is 0.957 bits per heavy atom. The monoisotopic (exact) mass is 328 g/mol. The van der Waals surface area contributed by atoms with Gasteiger partial charge in [0.25, 0.3) is 0 Å². The minimum absolute atomic E-state index is 0.121. The molecule has 0 amide bonds. The van der Waals surface area contributed by atoms with Gasteiger partial charge in [0.05, 0.1) is 17.0 Å². The third kappa shape index (κ3) is 3.24. The number of aromatic nitrogens is 1. The fourth-order valence-electron chi connectivity index (χ4n) is 2.44. The second-order valence-corrected chi connectivity index (χ2v) is 6.81. The lowest BCUT2D eigenvalue weighted by Gasteiger charge is -2.11. The van der Waals surface area contributed by atoms with Crippen molar-refractivity contribution in [3.8, 4) is 0 Å². The Morgan fingerprint density at radius 2 is 1.74 bits per heavy atom. The molecule has 1 aromatic heterocycles. The highest BCUT2D eigenvalue weighted by Crippen LogP contribution is 2.21. The summed E-state index contributed by atoms with van der Waals surface area (Å²) in [5, 5.41) is 9.90. The highest BCUT2D eigenvalue weighted by molar-refractivity contribution is 7.89. The Balaban J connectivity index is 1.92. The fraction of sp³-hybridized carbons (Fsp3) is 0.118. The minimum Gasteiger partial charge on any atom is -0.392 e. The molecule has 3 rings (SSSR count). The Kier molecular flexibility index (Phi) is 4.38. The quantitative estimate of drug-likeness (QED) is 0.752. The van der Waals surface area contributed by atoms with E-state index in [2.05, 4.69) is 9.71 Å². The fourth-order valence-corrected chi connectivity index (χ4v) is 3.67. The predicted octanol–water partition coefficient (Wildman–Crippen LogP) is 2.21. The first-order chi connectivity index (χ1) is 11.1. The molecule has 2 N–H and O–H groups in total. The molecular weight excluding hydrogens is 312 g/mol. The standard InChI is InChI=1S/C17H16N2O3S/c20-12-14-6-2-1-5-13(14)11-19-23(21,22)17-9-3-8-16-15(17)7-4-10-18-16/h1-10,19-20H,11-12H2. The van der Waals surface area contributed by atoms with Gasteiger partial charge < -0.3 is 5.11 Å². The molecule has 0 bridgehead atoms. The van der Waals surface area contributed by atoms with E-state index in [0.29, 0.717) is 16.5 Å². The highest BCUT2D eigenvalue weighted by Gasteiger charge is 2.17. The number of hydrogen-bond acceptors (Lipinski definition) is 4. The summed E-state index contributed by atoms with van der Waals surface area (Å²) in [6.07, 6.45) is 1.63. The summed E-state index contributed by atoms with van der Waals surface area (Å²) in [7, 11) is -3.68. The second-order valence-electron chi connectivity index (χ2n) is 5.08. The van der Waals surface area contributed by atoms with Crippen molar-refractivity contribution in [1.29, 1.82) is 0 Å². The molecular formula is C17H16N2O3S. The molecule has 1 heterocycles. The van der Waals surface area contributed by atoms with Crippen molar-refractivity contribution < 1.29 is 13.5 Å². The van der Waals surface area contributed by atoms with Gasteiger partial charge in [-0.1, -0.05) is 30.3 Å². The zero-order valence-corrected chi connectivity index (χ0v) is 13.1. The number of fused-ring (bicyclic) bond motifs is 1. The third-order valence-electron chi connectivity index (χ3n) is 3.64. The minimum atomic E-state index is -3.68. The molecule has 6 heteroatoms. The molecule has 5 nitrogen and oxygen atoms in total. The van der Waals surface area contributed by atoms with Gasteiger partial charge in [0.15, 0.2) is 0 Å². The van der Waals surface area contributed by atoms with E-state index in [-0.39, 0.29) is 18.0 Å². The van der Waals surface area contributed by atoms with Crippen LogP contribution in [0.4, 0.5) is 0 Å². The van der Waals surface area contributed by atoms with Crippen LogP contribution >= 0.6 is 0 Å². The first-order valence-electron chi connectivity index (χ1n) is 7.13. The number of aliphatic hydroxyl groups excluding tert-OH is 1. The highest BCUT2D eigenvalue weighted by atomic mass is 32.2. The normalized spacial score (nSPS) is 11.7. The molecule has 0 aliphatic rings. The number of nitrogens with zero attached hydrogens (tertiary/aromatic N) is 1. The van der Waals surface area contributed by atoms with Crippen LogP contribution in [0.15, 0.2) is 65.7 Å². The summed E-state index contributed by atoms with van der Waals surface area (Å²) in [6, 6.07) is 15.6. The summed E-state index contributed by atoms with van der Waals surface area (Å²) < 4.78 is 27.8. The molecule has 0 atom stereocenters. The van der Waals surface area contributed by atoms with Crippen molar-refractivity contribution in [3.63, 3.8) is 0 Å². The van der Waals surface area contributed by atoms with Crippen LogP contribution in [0.1, 0.15) is 11.1 Å². The van der Waals surface area contributed by atoms with E-state index in [1.165, 1.54) is 0 Å². The van der Waals surface area contributed by atoms with Gasteiger partial charge in [-0.15, -0.1) is 0 Å². The van der Waals surface area contributed by atoms with E-state index in [4.69, 9.17) is 0 Å². The number of nitrogens with one attached hydrogen (secondary N) is 1. The van der Waals surface area contributed by atoms with Crippen LogP contribution in [-0.2, 0) is 23.2 Å². The van der Waals surface area contributed by atoms with Crippen LogP contribution in [0.5, 0.6) is 0 Å². The maximum absolute atomic E-state index is 12.6. The number of aliphatic hydroxyl groups is 1. The van der Waals surface area contributed by atoms with Crippen molar-refractivity contribution in [2.75, 3.05) is 0 Å². The van der Waals surface area contributed by atoms with Gasteiger partial charge in [0.2, 0.25) is 10.0 Å². The molecule has 0 saturated heterocycles. The van der Waals surface area contributed by atoms with Crippen LogP contribution in [0.3, 0.4) is 0 Å². The molecule has 0 aliphatic heterocycles. The van der Waals surface area contributed by atoms with E-state index in [9.17, 15) is 13.5 Å². The summed E-state index contributed by atoms with van der Waals surface area (Å²) in [5.41, 5.74) is 2.08. The molecule has 0 radical (unpaired) electrons. The van der Waals surface area contributed by atoms with Crippen molar-refractivity contribution in [3.05, 3.63) is 71.9 Å². The summed E-state index contributed by atoms with van der Waals surface area (Å²) >= 11 is 0. The average Bonchev–Trinajstić information content (AvgIpc) is 2.59. The Hall–Kier alpha value is -2.28. The van der Waals surface area contributed by atoms with Gasteiger partial charge >= 0.3 is 0 Å². The van der Waals surface area contributed by atoms with Crippen LogP contribution in [0.25, 0.3) is 10.9 Å². The Labute approximate surface area is 134 Å². The van der Waals surface area contributed by atoms with Gasteiger partial charge in [-0.05, 0) is 35.4 Å². The van der Waals surface area contributed by atoms with E-state index in [1.807, 2.05) is 6.07 Å². The SMILES string of the molecule is O=S(=O)(NCc1ccccc1CO)c1cccc2ncccc12. The largest absolute Gasteiger partial charge is 0.392 e. The zero-order chi connectivity index (χ0) is 16.3. The number of rotatable bonds is 5. The molecule has 0 spiro atoms. The molecule has 2 aromatic carbocycles. The Morgan fingerprint density at radius 3 is 2.52 bits per heavy atom. The van der Waals surface area contributed by atoms with Crippen molar-refractivity contribution in [2.45, 2.75) is 18.0 Å². The number of pyridine rings is 1. The smallest absolute Gasteiger partial charge is 0.241 e. The maximum Gasteiger partial charge on any atom is 0.241 e. The van der Waals surface area contributed by atoms with Crippen LogP contribution in [0, 0.1) is 0 Å². The Bertz CT molecular complexity index is 934. The average molecular weight is 328 g/mol. The van der Waals surface area contributed by atoms with Gasteiger partial charge in [-0.3, -0.25) is 4.98 Å². The lowest BCUT2D eigenvalue weighted by Crippen LogP contribution is -2.24. The third-order valence-corrected chi connectivity index (χ3v) is 5.10. The predicted molar refractivity (Wildman–Crippen MR) is 88.1 cm³/mol. The van der Waals surface area contributed by atoms with E-state index in [0.717, 1.165) is 5.56 Å². The summed E-state index contributed by atoms with van der Waals surface area (Å²) in [4.78, 5) is 4.37. The second kappa shape index (κ2) is 6.45. The van der Waals surface area contributed by atoms with E-state index < -0.39 is 10.0 Å².